The van der Waals surface area contributed by atoms with Crippen molar-refractivity contribution >= 4 is 34.2 Å². The largest absolute Gasteiger partial charge is 0.494 e. The summed E-state index contributed by atoms with van der Waals surface area (Å²) in [6.45, 7) is 4.96. The summed E-state index contributed by atoms with van der Waals surface area (Å²) in [6, 6.07) is 8.11. The van der Waals surface area contributed by atoms with Crippen LogP contribution in [0.3, 0.4) is 0 Å². The molecule has 0 aliphatic carbocycles. The van der Waals surface area contributed by atoms with Gasteiger partial charge in [0.15, 0.2) is 0 Å². The van der Waals surface area contributed by atoms with Crippen molar-refractivity contribution in [1.29, 1.82) is 5.26 Å². The van der Waals surface area contributed by atoms with Crippen LogP contribution in [0.5, 0.6) is 5.75 Å². The van der Waals surface area contributed by atoms with Gasteiger partial charge >= 0.3 is 0 Å². The van der Waals surface area contributed by atoms with Gasteiger partial charge in [0.05, 0.1) is 23.7 Å². The number of nitrogens with zero attached hydrogens (tertiary/aromatic N) is 4. The second-order valence-electron chi connectivity index (χ2n) is 7.71. The van der Waals surface area contributed by atoms with Crippen molar-refractivity contribution in [3.05, 3.63) is 30.0 Å². The molecule has 1 aliphatic heterocycles. The molecular weight excluding hydrogens is 394 g/mol. The van der Waals surface area contributed by atoms with Gasteiger partial charge in [-0.05, 0) is 38.3 Å². The number of aromatic amines is 1. The van der Waals surface area contributed by atoms with Crippen LogP contribution >= 0.6 is 0 Å². The molecule has 9 heteroatoms. The molecule has 1 aromatic carbocycles. The zero-order chi connectivity index (χ0) is 22.0. The van der Waals surface area contributed by atoms with Crippen LogP contribution in [0.1, 0.15) is 38.7 Å². The number of benzene rings is 1. The quantitative estimate of drug-likeness (QED) is 0.455. The number of nitriles is 1. The maximum Gasteiger partial charge on any atom is 0.231 e. The van der Waals surface area contributed by atoms with Crippen molar-refractivity contribution < 1.29 is 9.84 Å². The molecule has 0 spiro atoms. The Morgan fingerprint density at radius 2 is 2.26 bits per heavy atom. The second-order valence-corrected chi connectivity index (χ2v) is 7.71. The number of methoxy groups -OCH3 is 1. The maximum atomic E-state index is 10.2. The Kier molecular flexibility index (Phi) is 5.82. The average Bonchev–Trinajstić information content (AvgIpc) is 3.39. The van der Waals surface area contributed by atoms with E-state index in [1.165, 1.54) is 0 Å². The van der Waals surface area contributed by atoms with E-state index in [2.05, 4.69) is 45.5 Å². The Bertz CT molecular complexity index is 1120. The molecule has 4 rings (SSSR count). The first-order chi connectivity index (χ1) is 15.0. The number of aliphatic hydroxyl groups is 1. The summed E-state index contributed by atoms with van der Waals surface area (Å²) < 4.78 is 5.58. The summed E-state index contributed by atoms with van der Waals surface area (Å²) in [5, 5.41) is 26.9. The Morgan fingerprint density at radius 1 is 1.42 bits per heavy atom. The summed E-state index contributed by atoms with van der Waals surface area (Å²) in [6.07, 6.45) is 3.82. The lowest BCUT2D eigenvalue weighted by atomic mass is 10.2. The number of H-pyrrole nitrogens is 1. The van der Waals surface area contributed by atoms with Gasteiger partial charge < -0.3 is 30.4 Å². The van der Waals surface area contributed by atoms with Crippen molar-refractivity contribution in [2.24, 2.45) is 0 Å². The van der Waals surface area contributed by atoms with Crippen LogP contribution in [0, 0.1) is 11.3 Å². The van der Waals surface area contributed by atoms with E-state index in [9.17, 15) is 10.4 Å². The Hall–Kier alpha value is -3.51. The van der Waals surface area contributed by atoms with Gasteiger partial charge in [0, 0.05) is 30.5 Å². The van der Waals surface area contributed by atoms with Gasteiger partial charge in [0.1, 0.15) is 29.5 Å². The number of hydrogen-bond acceptors (Lipinski definition) is 8. The lowest BCUT2D eigenvalue weighted by Gasteiger charge is -2.23. The highest BCUT2D eigenvalue weighted by atomic mass is 16.5. The molecule has 9 nitrogen and oxygen atoms in total. The highest BCUT2D eigenvalue weighted by Gasteiger charge is 2.23. The Labute approximate surface area is 181 Å². The third-order valence-corrected chi connectivity index (χ3v) is 5.63. The van der Waals surface area contributed by atoms with E-state index >= 15 is 0 Å². The normalized spacial score (nSPS) is 16.9. The zero-order valence-electron chi connectivity index (χ0n) is 17.9. The minimum atomic E-state index is -0.467. The molecule has 2 aromatic heterocycles. The first-order valence-electron chi connectivity index (χ1n) is 10.5. The van der Waals surface area contributed by atoms with Gasteiger partial charge in [-0.2, -0.15) is 15.2 Å². The van der Waals surface area contributed by atoms with E-state index in [-0.39, 0.29) is 6.04 Å². The number of rotatable bonds is 7. The SMILES string of the molecule is CC[C@H](C)Nc1nc(Nc2ccc(N3CCCC3O)cc2OC)nc2[nH]cc(C#N)c12. The average molecular weight is 422 g/mol. The number of aromatic nitrogens is 3. The van der Waals surface area contributed by atoms with Gasteiger partial charge in [-0.15, -0.1) is 0 Å². The van der Waals surface area contributed by atoms with Crippen LogP contribution in [0.2, 0.25) is 0 Å². The molecule has 3 aromatic rings. The summed E-state index contributed by atoms with van der Waals surface area (Å²) in [5.74, 6) is 1.62. The van der Waals surface area contributed by atoms with E-state index in [1.807, 2.05) is 23.1 Å². The molecule has 4 N–H and O–H groups in total. The maximum absolute atomic E-state index is 10.2. The number of aliphatic hydroxyl groups excluding tert-OH is 1. The third-order valence-electron chi connectivity index (χ3n) is 5.63. The second kappa shape index (κ2) is 8.70. The van der Waals surface area contributed by atoms with Crippen LogP contribution in [0.25, 0.3) is 11.0 Å². The van der Waals surface area contributed by atoms with Crippen LogP contribution in [-0.4, -0.2) is 46.0 Å². The van der Waals surface area contributed by atoms with E-state index in [0.717, 1.165) is 31.5 Å². The van der Waals surface area contributed by atoms with E-state index in [0.29, 0.717) is 39.8 Å². The van der Waals surface area contributed by atoms with Crippen molar-refractivity contribution in [1.82, 2.24) is 15.0 Å². The van der Waals surface area contributed by atoms with Crippen molar-refractivity contribution in [3.8, 4) is 11.8 Å². The van der Waals surface area contributed by atoms with Crippen LogP contribution in [0.15, 0.2) is 24.4 Å². The summed E-state index contributed by atoms with van der Waals surface area (Å²) >= 11 is 0. The smallest absolute Gasteiger partial charge is 0.231 e. The molecular formula is C22H27N7O2. The summed E-state index contributed by atoms with van der Waals surface area (Å²) in [5.41, 5.74) is 2.70. The van der Waals surface area contributed by atoms with Crippen LogP contribution < -0.4 is 20.3 Å². The van der Waals surface area contributed by atoms with Gasteiger partial charge in [-0.1, -0.05) is 6.92 Å². The van der Waals surface area contributed by atoms with Crippen molar-refractivity contribution in [3.63, 3.8) is 0 Å². The van der Waals surface area contributed by atoms with Gasteiger partial charge in [0.2, 0.25) is 5.95 Å². The molecule has 1 fully saturated rings. The number of hydrogen-bond donors (Lipinski definition) is 4. The van der Waals surface area contributed by atoms with Gasteiger partial charge in [-0.3, -0.25) is 0 Å². The summed E-state index contributed by atoms with van der Waals surface area (Å²) in [4.78, 5) is 14.2. The molecule has 0 amide bonds. The topological polar surface area (TPSA) is 122 Å². The predicted molar refractivity (Wildman–Crippen MR) is 121 cm³/mol. The third kappa shape index (κ3) is 4.07. The Balaban J connectivity index is 1.68. The Morgan fingerprint density at radius 3 is 2.94 bits per heavy atom. The monoisotopic (exact) mass is 421 g/mol. The lowest BCUT2D eigenvalue weighted by Crippen LogP contribution is -2.28. The lowest BCUT2D eigenvalue weighted by molar-refractivity contribution is 0.185. The first-order valence-corrected chi connectivity index (χ1v) is 10.5. The van der Waals surface area contributed by atoms with Gasteiger partial charge in [-0.25, -0.2) is 0 Å². The predicted octanol–water partition coefficient (Wildman–Crippen LogP) is 3.71. The standard InChI is InChI=1S/C22H27N7O2/c1-4-13(2)25-21-19-14(11-23)12-24-20(19)27-22(28-21)26-16-8-7-15(10-17(16)31-3)29-9-5-6-18(29)30/h7-8,10,12-13,18,30H,4-6,9H2,1-3H3,(H3,24,25,26,27,28)/t13-,18?/m0/s1. The van der Waals surface area contributed by atoms with Crippen molar-refractivity contribution in [2.45, 2.75) is 45.4 Å². The highest BCUT2D eigenvalue weighted by molar-refractivity contribution is 5.93. The first kappa shape index (κ1) is 20.8. The van der Waals surface area contributed by atoms with Gasteiger partial charge in [0.25, 0.3) is 0 Å². The minimum Gasteiger partial charge on any atom is -0.494 e. The number of nitrogens with one attached hydrogen (secondary N) is 3. The molecule has 1 aliphatic rings. The highest BCUT2D eigenvalue weighted by Crippen LogP contribution is 2.35. The molecule has 3 heterocycles. The molecule has 0 bridgehead atoms. The van der Waals surface area contributed by atoms with E-state index in [1.54, 1.807) is 13.3 Å². The molecule has 162 valence electrons. The number of anilines is 4. The fourth-order valence-corrected chi connectivity index (χ4v) is 3.75. The number of fused-ring (bicyclic) bond motifs is 1. The van der Waals surface area contributed by atoms with Crippen LogP contribution in [-0.2, 0) is 0 Å². The minimum absolute atomic E-state index is 0.188. The molecule has 1 unspecified atom stereocenters. The van der Waals surface area contributed by atoms with Crippen LogP contribution in [0.4, 0.5) is 23.1 Å². The zero-order valence-corrected chi connectivity index (χ0v) is 17.9. The van der Waals surface area contributed by atoms with E-state index in [4.69, 9.17) is 4.74 Å². The van der Waals surface area contributed by atoms with E-state index < -0.39 is 6.23 Å². The molecule has 0 radical (unpaired) electrons. The van der Waals surface area contributed by atoms with Crippen molar-refractivity contribution in [2.75, 3.05) is 29.2 Å². The summed E-state index contributed by atoms with van der Waals surface area (Å²) in [7, 11) is 1.61. The molecule has 0 saturated carbocycles. The fraction of sp³-hybridized carbons (Fsp3) is 0.409. The molecule has 31 heavy (non-hydrogen) atoms. The number of ether oxygens (including phenoxy) is 1. The molecule has 1 saturated heterocycles. The fourth-order valence-electron chi connectivity index (χ4n) is 3.75. The molecule has 2 atom stereocenters.